The van der Waals surface area contributed by atoms with Crippen LogP contribution in [0.15, 0.2) is 42.5 Å². The molecule has 0 bridgehead atoms. The molecule has 0 aliphatic carbocycles. The summed E-state index contributed by atoms with van der Waals surface area (Å²) in [4.78, 5) is 0. The fourth-order valence-electron chi connectivity index (χ4n) is 2.49. The Morgan fingerprint density at radius 3 is 2.43 bits per heavy atom. The molecule has 4 heteroatoms. The van der Waals surface area contributed by atoms with Crippen LogP contribution in [0.3, 0.4) is 0 Å². The molecule has 2 N–H and O–H groups in total. The third kappa shape index (κ3) is 3.31. The Kier molecular flexibility index (Phi) is 4.32. The molecule has 1 heterocycles. The van der Waals surface area contributed by atoms with Crippen molar-refractivity contribution in [3.8, 4) is 11.5 Å². The Balaban J connectivity index is 1.73. The highest BCUT2D eigenvalue weighted by Crippen LogP contribution is 2.38. The molecular formula is C17H18ClNO2. The highest BCUT2D eigenvalue weighted by atomic mass is 35.5. The van der Waals surface area contributed by atoms with Gasteiger partial charge in [0.05, 0.1) is 0 Å². The van der Waals surface area contributed by atoms with E-state index in [0.717, 1.165) is 24.2 Å². The zero-order valence-electron chi connectivity index (χ0n) is 11.7. The molecule has 0 amide bonds. The zero-order chi connectivity index (χ0) is 14.7. The van der Waals surface area contributed by atoms with Crippen molar-refractivity contribution in [3.05, 3.63) is 58.6 Å². The maximum absolute atomic E-state index is 6.32. The summed E-state index contributed by atoms with van der Waals surface area (Å²) in [7, 11) is 0. The maximum atomic E-state index is 6.32. The summed E-state index contributed by atoms with van der Waals surface area (Å²) >= 11 is 6.32. The second kappa shape index (κ2) is 6.37. The van der Waals surface area contributed by atoms with Crippen LogP contribution in [0.4, 0.5) is 0 Å². The van der Waals surface area contributed by atoms with Gasteiger partial charge < -0.3 is 15.2 Å². The number of hydrogen-bond donors (Lipinski definition) is 1. The number of nitrogens with two attached hydrogens (primary N) is 1. The SMILES string of the molecule is NC(CCc1ccccc1)c1cc2c(cc1Cl)OCCO2. The van der Waals surface area contributed by atoms with Crippen molar-refractivity contribution in [1.29, 1.82) is 0 Å². The first-order chi connectivity index (χ1) is 10.2. The molecule has 0 radical (unpaired) electrons. The van der Waals surface area contributed by atoms with E-state index < -0.39 is 0 Å². The molecule has 110 valence electrons. The Hall–Kier alpha value is -1.71. The lowest BCUT2D eigenvalue weighted by molar-refractivity contribution is 0.171. The van der Waals surface area contributed by atoms with Crippen LogP contribution < -0.4 is 15.2 Å². The molecule has 3 rings (SSSR count). The monoisotopic (exact) mass is 303 g/mol. The van der Waals surface area contributed by atoms with Crippen LogP contribution in [0.2, 0.25) is 5.02 Å². The number of halogens is 1. The van der Waals surface area contributed by atoms with Crippen molar-refractivity contribution in [2.45, 2.75) is 18.9 Å². The van der Waals surface area contributed by atoms with Gasteiger partial charge in [0.25, 0.3) is 0 Å². The van der Waals surface area contributed by atoms with E-state index in [4.69, 9.17) is 26.8 Å². The third-order valence-corrected chi connectivity index (χ3v) is 3.98. The maximum Gasteiger partial charge on any atom is 0.162 e. The lowest BCUT2D eigenvalue weighted by Crippen LogP contribution is -2.17. The Morgan fingerprint density at radius 2 is 1.71 bits per heavy atom. The van der Waals surface area contributed by atoms with Gasteiger partial charge in [-0.1, -0.05) is 41.9 Å². The fraction of sp³-hybridized carbons (Fsp3) is 0.294. The summed E-state index contributed by atoms with van der Waals surface area (Å²) in [5, 5.41) is 0.639. The molecule has 2 aromatic rings. The number of rotatable bonds is 4. The molecule has 0 spiro atoms. The van der Waals surface area contributed by atoms with Crippen LogP contribution in [-0.4, -0.2) is 13.2 Å². The standard InChI is InChI=1S/C17H18ClNO2/c18-14-11-17-16(20-8-9-21-17)10-13(14)15(19)7-6-12-4-2-1-3-5-12/h1-5,10-11,15H,6-9,19H2. The highest BCUT2D eigenvalue weighted by Gasteiger charge is 2.18. The molecule has 0 saturated carbocycles. The van der Waals surface area contributed by atoms with Gasteiger partial charge in [-0.3, -0.25) is 0 Å². The third-order valence-electron chi connectivity index (χ3n) is 3.65. The van der Waals surface area contributed by atoms with Crippen molar-refractivity contribution < 1.29 is 9.47 Å². The topological polar surface area (TPSA) is 44.5 Å². The minimum atomic E-state index is -0.117. The summed E-state index contributed by atoms with van der Waals surface area (Å²) < 4.78 is 11.1. The van der Waals surface area contributed by atoms with Gasteiger partial charge in [-0.2, -0.15) is 0 Å². The first-order valence-electron chi connectivity index (χ1n) is 7.12. The van der Waals surface area contributed by atoms with E-state index in [0.29, 0.717) is 24.0 Å². The number of hydrogen-bond acceptors (Lipinski definition) is 3. The van der Waals surface area contributed by atoms with E-state index in [-0.39, 0.29) is 6.04 Å². The molecule has 0 fully saturated rings. The van der Waals surface area contributed by atoms with Gasteiger partial charge >= 0.3 is 0 Å². The van der Waals surface area contributed by atoms with E-state index in [9.17, 15) is 0 Å². The Bertz CT molecular complexity index is 616. The van der Waals surface area contributed by atoms with Crippen molar-refractivity contribution in [2.75, 3.05) is 13.2 Å². The smallest absolute Gasteiger partial charge is 0.162 e. The van der Waals surface area contributed by atoms with E-state index in [1.54, 1.807) is 6.07 Å². The number of benzene rings is 2. The van der Waals surface area contributed by atoms with E-state index in [1.165, 1.54) is 5.56 Å². The summed E-state index contributed by atoms with van der Waals surface area (Å²) in [5.74, 6) is 1.43. The average Bonchev–Trinajstić information content (AvgIpc) is 2.53. The number of ether oxygens (including phenoxy) is 2. The van der Waals surface area contributed by atoms with Gasteiger partial charge in [-0.05, 0) is 30.0 Å². The average molecular weight is 304 g/mol. The van der Waals surface area contributed by atoms with Crippen LogP contribution in [0.5, 0.6) is 11.5 Å². The van der Waals surface area contributed by atoms with Gasteiger partial charge in [0, 0.05) is 17.1 Å². The molecule has 0 aromatic heterocycles. The molecule has 1 aliphatic rings. The van der Waals surface area contributed by atoms with Gasteiger partial charge in [0.15, 0.2) is 11.5 Å². The van der Waals surface area contributed by atoms with Crippen molar-refractivity contribution in [2.24, 2.45) is 5.73 Å². The van der Waals surface area contributed by atoms with Gasteiger partial charge in [0.1, 0.15) is 13.2 Å². The summed E-state index contributed by atoms with van der Waals surface area (Å²) in [5.41, 5.74) is 8.49. The number of fused-ring (bicyclic) bond motifs is 1. The van der Waals surface area contributed by atoms with Crippen LogP contribution in [0.1, 0.15) is 23.6 Å². The summed E-state index contributed by atoms with van der Waals surface area (Å²) in [6.07, 6.45) is 1.76. The van der Waals surface area contributed by atoms with Gasteiger partial charge in [-0.25, -0.2) is 0 Å². The van der Waals surface area contributed by atoms with Crippen LogP contribution in [0.25, 0.3) is 0 Å². The van der Waals surface area contributed by atoms with Gasteiger partial charge in [0.2, 0.25) is 0 Å². The fourth-order valence-corrected chi connectivity index (χ4v) is 2.78. The Labute approximate surface area is 129 Å². The second-order valence-corrected chi connectivity index (χ2v) is 5.56. The van der Waals surface area contributed by atoms with Crippen molar-refractivity contribution >= 4 is 11.6 Å². The van der Waals surface area contributed by atoms with Crippen molar-refractivity contribution in [1.82, 2.24) is 0 Å². The molecule has 1 aliphatic heterocycles. The molecular weight excluding hydrogens is 286 g/mol. The molecule has 0 saturated heterocycles. The van der Waals surface area contributed by atoms with Crippen LogP contribution >= 0.6 is 11.6 Å². The Morgan fingerprint density at radius 1 is 1.05 bits per heavy atom. The van der Waals surface area contributed by atoms with Crippen molar-refractivity contribution in [3.63, 3.8) is 0 Å². The zero-order valence-corrected chi connectivity index (χ0v) is 12.5. The first-order valence-corrected chi connectivity index (χ1v) is 7.50. The predicted octanol–water partition coefficient (Wildman–Crippen LogP) is 3.74. The molecule has 21 heavy (non-hydrogen) atoms. The minimum Gasteiger partial charge on any atom is -0.486 e. The molecule has 2 aromatic carbocycles. The van der Waals surface area contributed by atoms with Gasteiger partial charge in [-0.15, -0.1) is 0 Å². The quantitative estimate of drug-likeness (QED) is 0.935. The molecule has 1 unspecified atom stereocenters. The molecule has 1 atom stereocenters. The summed E-state index contributed by atoms with van der Waals surface area (Å²) in [6.45, 7) is 1.12. The first kappa shape index (κ1) is 14.2. The van der Waals surface area contributed by atoms with E-state index >= 15 is 0 Å². The van der Waals surface area contributed by atoms with Crippen LogP contribution in [-0.2, 0) is 6.42 Å². The highest BCUT2D eigenvalue weighted by molar-refractivity contribution is 6.31. The lowest BCUT2D eigenvalue weighted by Gasteiger charge is -2.21. The normalized spacial score (nSPS) is 14.8. The predicted molar refractivity (Wildman–Crippen MR) is 84.1 cm³/mol. The summed E-state index contributed by atoms with van der Waals surface area (Å²) in [6, 6.07) is 13.9. The largest absolute Gasteiger partial charge is 0.486 e. The van der Waals surface area contributed by atoms with E-state index in [2.05, 4.69) is 12.1 Å². The lowest BCUT2D eigenvalue weighted by atomic mass is 9.99. The molecule has 3 nitrogen and oxygen atoms in total. The minimum absolute atomic E-state index is 0.117. The second-order valence-electron chi connectivity index (χ2n) is 5.15. The van der Waals surface area contributed by atoms with Crippen LogP contribution in [0, 0.1) is 0 Å². The number of aryl methyl sites for hydroxylation is 1. The van der Waals surface area contributed by atoms with E-state index in [1.807, 2.05) is 24.3 Å².